The molecule has 0 unspecified atom stereocenters. The lowest BCUT2D eigenvalue weighted by molar-refractivity contribution is 1.21. The van der Waals surface area contributed by atoms with Gasteiger partial charge in [0.2, 0.25) is 0 Å². The molecule has 0 heterocycles. The van der Waals surface area contributed by atoms with E-state index in [-0.39, 0.29) is 0 Å². The molecule has 0 amide bonds. The minimum atomic E-state index is 1.21. The highest BCUT2D eigenvalue weighted by atomic mass is 15.1. The predicted octanol–water partition coefficient (Wildman–Crippen LogP) is 24.4. The lowest BCUT2D eigenvalue weighted by Gasteiger charge is -2.18. The Bertz CT molecular complexity index is 4320. The minimum absolute atomic E-state index is 1.21. The normalized spacial score (nSPS) is 10.5. The molecule has 0 saturated heterocycles. The summed E-state index contributed by atoms with van der Waals surface area (Å²) in [7, 11) is 2.07. The molecule has 0 N–H and O–H groups in total. The quantitative estimate of drug-likeness (QED) is 0.125. The monoisotopic (exact) mass is 1140 g/mol. The smallest absolute Gasteiger partial charge is 0.0408 e. The number of rotatable bonds is 11. The van der Waals surface area contributed by atoms with Crippen molar-refractivity contribution in [3.8, 4) is 100 Å². The van der Waals surface area contributed by atoms with Crippen LogP contribution in [0.4, 0.5) is 11.4 Å². The van der Waals surface area contributed by atoms with Gasteiger partial charge in [0.25, 0.3) is 0 Å². The van der Waals surface area contributed by atoms with Crippen molar-refractivity contribution in [2.75, 3.05) is 11.9 Å². The summed E-state index contributed by atoms with van der Waals surface area (Å²) in [5.74, 6) is 0. The van der Waals surface area contributed by atoms with Gasteiger partial charge in [-0.25, -0.2) is 0 Å². The van der Waals surface area contributed by atoms with E-state index in [1.165, 1.54) is 128 Å². The van der Waals surface area contributed by atoms with Crippen LogP contribution in [-0.4, -0.2) is 7.05 Å². The number of nitrogens with zero attached hydrogens (tertiary/aromatic N) is 1. The minimum Gasteiger partial charge on any atom is -0.345 e. The molecule has 14 rings (SSSR count). The molecule has 0 aliphatic heterocycles. The second-order valence-electron chi connectivity index (χ2n) is 22.4. The zero-order valence-electron chi connectivity index (χ0n) is 51.2. The third-order valence-electron chi connectivity index (χ3n) is 16.1. The Kier molecular flexibility index (Phi) is 20.0. The molecule has 1 heteroatoms. The first kappa shape index (κ1) is 59.6. The first-order valence-electron chi connectivity index (χ1n) is 30.6. The zero-order chi connectivity index (χ0) is 61.0. The molecule has 0 radical (unpaired) electrons. The van der Waals surface area contributed by atoms with Gasteiger partial charge in [-0.2, -0.15) is 0 Å². The lowest BCUT2D eigenvalue weighted by Crippen LogP contribution is -2.08. The molecule has 430 valence electrons. The molecular formula is C88H73N. The summed E-state index contributed by atoms with van der Waals surface area (Å²) in [5, 5.41) is 0. The summed E-state index contributed by atoms with van der Waals surface area (Å²) in [5.41, 5.74) is 28.8. The van der Waals surface area contributed by atoms with Crippen molar-refractivity contribution in [1.82, 2.24) is 0 Å². The number of para-hydroxylation sites is 2. The van der Waals surface area contributed by atoms with Crippen molar-refractivity contribution in [3.63, 3.8) is 0 Å². The van der Waals surface area contributed by atoms with Crippen LogP contribution in [0, 0.1) is 20.8 Å². The molecule has 0 spiro atoms. The summed E-state index contributed by atoms with van der Waals surface area (Å²) in [4.78, 5) is 2.17. The average molecular weight is 1140 g/mol. The second kappa shape index (κ2) is 29.8. The number of hydrogen-bond acceptors (Lipinski definition) is 1. The van der Waals surface area contributed by atoms with E-state index in [0.717, 1.165) is 0 Å². The summed E-state index contributed by atoms with van der Waals surface area (Å²) in [6.07, 6.45) is 0. The molecular weight excluding hydrogens is 1070 g/mol. The van der Waals surface area contributed by atoms with E-state index in [1.807, 2.05) is 24.3 Å². The van der Waals surface area contributed by atoms with E-state index in [2.05, 4.69) is 379 Å². The zero-order valence-corrected chi connectivity index (χ0v) is 51.2. The van der Waals surface area contributed by atoms with Crippen molar-refractivity contribution in [3.05, 3.63) is 387 Å². The van der Waals surface area contributed by atoms with Gasteiger partial charge in [-0.3, -0.25) is 0 Å². The maximum Gasteiger partial charge on any atom is 0.0408 e. The highest BCUT2D eigenvalue weighted by molar-refractivity contribution is 5.77. The first-order valence-corrected chi connectivity index (χ1v) is 30.6. The standard InChI is InChI=1S/C31H24.C25H20.C19H16.C13H13N/c1-23-7-9-25(10-8-23)27-15-17-29(18-16-27)31-21-19-30(20-22-31)28-13-11-26(12-14-28)24-5-3-2-4-6-24;1-19-7-9-21(10-8-19)23-15-17-25(18-16-23)24-13-11-22(12-14-24)20-5-3-2-4-6-20;1-15-7-9-17(10-8-15)19-13-11-18(12-14-19)16-5-3-2-4-6-16;1-14(12-8-4-2-5-9-12)13-10-6-3-7-11-13/h2-22H,1H3;2-18H,1H3;2-14H,1H3;2-11H,1H3. The van der Waals surface area contributed by atoms with Gasteiger partial charge in [-0.1, -0.05) is 362 Å². The van der Waals surface area contributed by atoms with Crippen molar-refractivity contribution in [2.24, 2.45) is 0 Å². The van der Waals surface area contributed by atoms with E-state index in [4.69, 9.17) is 0 Å². The van der Waals surface area contributed by atoms with E-state index in [1.54, 1.807) is 0 Å². The second-order valence-corrected chi connectivity index (χ2v) is 22.4. The largest absolute Gasteiger partial charge is 0.345 e. The molecule has 0 fully saturated rings. The molecule has 0 aromatic heterocycles. The van der Waals surface area contributed by atoms with Gasteiger partial charge in [0.1, 0.15) is 0 Å². The number of aryl methyl sites for hydroxylation is 3. The Labute approximate surface area is 527 Å². The maximum atomic E-state index is 2.21. The fourth-order valence-electron chi connectivity index (χ4n) is 10.7. The van der Waals surface area contributed by atoms with Crippen LogP contribution in [0.25, 0.3) is 100 Å². The molecule has 0 bridgehead atoms. The fraction of sp³-hybridized carbons (Fsp3) is 0.0455. The van der Waals surface area contributed by atoms with Crippen LogP contribution in [0.3, 0.4) is 0 Å². The summed E-state index contributed by atoms with van der Waals surface area (Å²) >= 11 is 0. The van der Waals surface area contributed by atoms with Crippen molar-refractivity contribution >= 4 is 11.4 Å². The molecule has 0 aliphatic rings. The van der Waals surface area contributed by atoms with E-state index in [0.29, 0.717) is 0 Å². The van der Waals surface area contributed by atoms with Gasteiger partial charge in [0.15, 0.2) is 0 Å². The molecule has 1 nitrogen and oxygen atoms in total. The maximum absolute atomic E-state index is 2.21. The Morgan fingerprint density at radius 2 is 0.247 bits per heavy atom. The number of benzene rings is 14. The highest BCUT2D eigenvalue weighted by Gasteiger charge is 2.07. The molecule has 0 atom stereocenters. The number of anilines is 2. The van der Waals surface area contributed by atoms with Crippen LogP contribution in [0.15, 0.2) is 370 Å². The van der Waals surface area contributed by atoms with Gasteiger partial charge in [-0.05, 0) is 145 Å². The van der Waals surface area contributed by atoms with Crippen LogP contribution in [0.5, 0.6) is 0 Å². The van der Waals surface area contributed by atoms with Crippen LogP contribution in [-0.2, 0) is 0 Å². The van der Waals surface area contributed by atoms with Gasteiger partial charge in [0.05, 0.1) is 0 Å². The Hall–Kier alpha value is -11.1. The first-order chi connectivity index (χ1) is 43.8. The van der Waals surface area contributed by atoms with Crippen molar-refractivity contribution < 1.29 is 0 Å². The molecule has 0 saturated carbocycles. The van der Waals surface area contributed by atoms with Gasteiger partial charge in [-0.15, -0.1) is 0 Å². The van der Waals surface area contributed by atoms with Gasteiger partial charge < -0.3 is 4.90 Å². The van der Waals surface area contributed by atoms with Crippen LogP contribution >= 0.6 is 0 Å². The Morgan fingerprint density at radius 1 is 0.135 bits per heavy atom. The lowest BCUT2D eigenvalue weighted by atomic mass is 9.97. The Balaban J connectivity index is 0.000000127. The van der Waals surface area contributed by atoms with Crippen LogP contribution < -0.4 is 4.90 Å². The fourth-order valence-corrected chi connectivity index (χ4v) is 10.7. The van der Waals surface area contributed by atoms with Crippen molar-refractivity contribution in [1.29, 1.82) is 0 Å². The summed E-state index contributed by atoms with van der Waals surface area (Å²) in [6, 6.07) is 131. The van der Waals surface area contributed by atoms with Gasteiger partial charge in [0, 0.05) is 18.4 Å². The molecule has 0 aliphatic carbocycles. The topological polar surface area (TPSA) is 3.24 Å². The molecule has 14 aromatic rings. The third-order valence-corrected chi connectivity index (χ3v) is 16.1. The number of hydrogen-bond donors (Lipinski definition) is 0. The Morgan fingerprint density at radius 3 is 0.393 bits per heavy atom. The van der Waals surface area contributed by atoms with E-state index in [9.17, 15) is 0 Å². The highest BCUT2D eigenvalue weighted by Crippen LogP contribution is 2.32. The average Bonchev–Trinajstić information content (AvgIpc) is 3.79. The van der Waals surface area contributed by atoms with Crippen molar-refractivity contribution in [2.45, 2.75) is 20.8 Å². The van der Waals surface area contributed by atoms with Crippen LogP contribution in [0.1, 0.15) is 16.7 Å². The van der Waals surface area contributed by atoms with Crippen LogP contribution in [0.2, 0.25) is 0 Å². The molecule has 14 aromatic carbocycles. The SMILES string of the molecule is CN(c1ccccc1)c1ccccc1.Cc1ccc(-c2ccc(-c3ccc(-c4ccc(-c5ccccc5)cc4)cc3)cc2)cc1.Cc1ccc(-c2ccc(-c3ccc(-c4ccccc4)cc3)cc2)cc1.Cc1ccc(-c2ccc(-c3ccccc3)cc2)cc1. The third kappa shape index (κ3) is 16.2. The van der Waals surface area contributed by atoms with Gasteiger partial charge >= 0.3 is 0 Å². The van der Waals surface area contributed by atoms with E-state index >= 15 is 0 Å². The predicted molar refractivity (Wildman–Crippen MR) is 383 cm³/mol. The molecule has 89 heavy (non-hydrogen) atoms. The summed E-state index contributed by atoms with van der Waals surface area (Å²) < 4.78 is 0. The van der Waals surface area contributed by atoms with E-state index < -0.39 is 0 Å². The summed E-state index contributed by atoms with van der Waals surface area (Å²) in [6.45, 7) is 6.35.